The summed E-state index contributed by atoms with van der Waals surface area (Å²) in [5, 5.41) is 14.0. The molecule has 0 radical (unpaired) electrons. The highest BCUT2D eigenvalue weighted by Crippen LogP contribution is 2.33. The van der Waals surface area contributed by atoms with Gasteiger partial charge in [0.2, 0.25) is 0 Å². The zero-order valence-electron chi connectivity index (χ0n) is 12.0. The van der Waals surface area contributed by atoms with Crippen LogP contribution in [0.25, 0.3) is 0 Å². The van der Waals surface area contributed by atoms with E-state index in [1.54, 1.807) is 0 Å². The Hall–Kier alpha value is -1.89. The van der Waals surface area contributed by atoms with E-state index in [1.807, 2.05) is 0 Å². The number of nitro groups is 1. The molecule has 2 rings (SSSR count). The standard InChI is InChI=1S/C14H20FN3O3/c1-21-13-8-11(12(18(19)20)7-10(13)15)17-9-14(16)5-3-2-4-6-14/h7-8,17H,2-6,9,16H2,1H3. The van der Waals surface area contributed by atoms with Gasteiger partial charge in [-0.2, -0.15) is 0 Å². The van der Waals surface area contributed by atoms with E-state index < -0.39 is 10.7 Å². The number of nitro benzene ring substituents is 1. The molecule has 1 aromatic carbocycles. The van der Waals surface area contributed by atoms with Crippen molar-refractivity contribution in [2.45, 2.75) is 37.6 Å². The van der Waals surface area contributed by atoms with Crippen LogP contribution in [-0.2, 0) is 0 Å². The summed E-state index contributed by atoms with van der Waals surface area (Å²) in [6, 6.07) is 2.17. The van der Waals surface area contributed by atoms with E-state index in [4.69, 9.17) is 10.5 Å². The number of benzene rings is 1. The third-order valence-electron chi connectivity index (χ3n) is 3.95. The lowest BCUT2D eigenvalue weighted by Gasteiger charge is -2.33. The van der Waals surface area contributed by atoms with Crippen molar-refractivity contribution in [1.29, 1.82) is 0 Å². The molecular formula is C14H20FN3O3. The number of rotatable bonds is 5. The number of halogens is 1. The van der Waals surface area contributed by atoms with Gasteiger partial charge in [0.25, 0.3) is 5.69 Å². The Kier molecular flexibility index (Phi) is 4.62. The molecule has 1 saturated carbocycles. The number of nitrogens with zero attached hydrogens (tertiary/aromatic N) is 1. The Bertz CT molecular complexity index is 530. The van der Waals surface area contributed by atoms with Crippen LogP contribution >= 0.6 is 0 Å². The van der Waals surface area contributed by atoms with Crippen molar-refractivity contribution in [2.75, 3.05) is 19.0 Å². The van der Waals surface area contributed by atoms with E-state index in [2.05, 4.69) is 5.32 Å². The molecule has 0 aliphatic heterocycles. The highest BCUT2D eigenvalue weighted by molar-refractivity contribution is 5.64. The van der Waals surface area contributed by atoms with Crippen LogP contribution in [0.4, 0.5) is 15.8 Å². The van der Waals surface area contributed by atoms with Crippen molar-refractivity contribution in [2.24, 2.45) is 5.73 Å². The second-order valence-corrected chi connectivity index (χ2v) is 5.54. The molecule has 116 valence electrons. The first kappa shape index (κ1) is 15.5. The van der Waals surface area contributed by atoms with Crippen LogP contribution in [0, 0.1) is 15.9 Å². The van der Waals surface area contributed by atoms with E-state index in [1.165, 1.54) is 19.6 Å². The summed E-state index contributed by atoms with van der Waals surface area (Å²) in [7, 11) is 1.32. The van der Waals surface area contributed by atoms with E-state index in [9.17, 15) is 14.5 Å². The average Bonchev–Trinajstić information content (AvgIpc) is 2.46. The van der Waals surface area contributed by atoms with Crippen LogP contribution in [0.3, 0.4) is 0 Å². The quantitative estimate of drug-likeness (QED) is 0.644. The summed E-state index contributed by atoms with van der Waals surface area (Å²) >= 11 is 0. The minimum Gasteiger partial charge on any atom is -0.494 e. The molecule has 0 atom stereocenters. The van der Waals surface area contributed by atoms with Gasteiger partial charge in [-0.3, -0.25) is 10.1 Å². The zero-order valence-corrected chi connectivity index (χ0v) is 12.0. The molecule has 21 heavy (non-hydrogen) atoms. The first-order chi connectivity index (χ1) is 9.95. The smallest absolute Gasteiger partial charge is 0.295 e. The second kappa shape index (κ2) is 6.26. The van der Waals surface area contributed by atoms with Crippen molar-refractivity contribution in [1.82, 2.24) is 0 Å². The molecule has 0 aromatic heterocycles. The second-order valence-electron chi connectivity index (χ2n) is 5.54. The highest BCUT2D eigenvalue weighted by atomic mass is 19.1. The number of ether oxygens (including phenoxy) is 1. The van der Waals surface area contributed by atoms with Crippen molar-refractivity contribution in [3.05, 3.63) is 28.1 Å². The largest absolute Gasteiger partial charge is 0.494 e. The minimum absolute atomic E-state index is 0.0298. The van der Waals surface area contributed by atoms with Crippen LogP contribution in [0.5, 0.6) is 5.75 Å². The molecule has 1 aliphatic rings. The predicted molar refractivity (Wildman–Crippen MR) is 78.1 cm³/mol. The van der Waals surface area contributed by atoms with Gasteiger partial charge < -0.3 is 15.8 Å². The van der Waals surface area contributed by atoms with E-state index in [-0.39, 0.29) is 22.7 Å². The van der Waals surface area contributed by atoms with Gasteiger partial charge in [0.15, 0.2) is 11.6 Å². The van der Waals surface area contributed by atoms with Gasteiger partial charge in [-0.1, -0.05) is 19.3 Å². The predicted octanol–water partition coefficient (Wildman–Crippen LogP) is 2.82. The Morgan fingerprint density at radius 2 is 2.10 bits per heavy atom. The molecule has 1 aromatic rings. The minimum atomic E-state index is -0.755. The maximum atomic E-state index is 13.6. The molecule has 0 saturated heterocycles. The number of anilines is 1. The SMILES string of the molecule is COc1cc(NCC2(N)CCCCC2)c([N+](=O)[O-])cc1F. The zero-order chi connectivity index (χ0) is 15.5. The topological polar surface area (TPSA) is 90.4 Å². The molecule has 0 unspecified atom stereocenters. The molecule has 6 nitrogen and oxygen atoms in total. The molecule has 1 fully saturated rings. The number of nitrogens with two attached hydrogens (primary N) is 1. The monoisotopic (exact) mass is 297 g/mol. The first-order valence-electron chi connectivity index (χ1n) is 7.00. The van der Waals surface area contributed by atoms with E-state index in [0.29, 0.717) is 6.54 Å². The van der Waals surface area contributed by atoms with Gasteiger partial charge in [-0.05, 0) is 12.8 Å². The summed E-state index contributed by atoms with van der Waals surface area (Å²) in [5.74, 6) is -0.785. The fourth-order valence-electron chi connectivity index (χ4n) is 2.70. The summed E-state index contributed by atoms with van der Waals surface area (Å²) in [6.07, 6.45) is 5.06. The summed E-state index contributed by atoms with van der Waals surface area (Å²) in [4.78, 5) is 10.4. The summed E-state index contributed by atoms with van der Waals surface area (Å²) in [5.41, 5.74) is 5.85. The van der Waals surface area contributed by atoms with Crippen LogP contribution in [-0.4, -0.2) is 24.1 Å². The molecular weight excluding hydrogens is 277 g/mol. The van der Waals surface area contributed by atoms with Crippen LogP contribution in [0.1, 0.15) is 32.1 Å². The Labute approximate surface area is 122 Å². The van der Waals surface area contributed by atoms with Crippen molar-refractivity contribution in [3.8, 4) is 5.75 Å². The lowest BCUT2D eigenvalue weighted by Crippen LogP contribution is -2.47. The van der Waals surface area contributed by atoms with Gasteiger partial charge in [-0.25, -0.2) is 4.39 Å². The van der Waals surface area contributed by atoms with Crippen LogP contribution in [0.15, 0.2) is 12.1 Å². The Morgan fingerprint density at radius 3 is 2.67 bits per heavy atom. The van der Waals surface area contributed by atoms with Crippen molar-refractivity contribution < 1.29 is 14.1 Å². The van der Waals surface area contributed by atoms with Crippen molar-refractivity contribution >= 4 is 11.4 Å². The number of methoxy groups -OCH3 is 1. The molecule has 7 heteroatoms. The maximum Gasteiger partial charge on any atom is 0.295 e. The summed E-state index contributed by atoms with van der Waals surface area (Å²) in [6.45, 7) is 0.419. The molecule has 1 aliphatic carbocycles. The van der Waals surface area contributed by atoms with Gasteiger partial charge >= 0.3 is 0 Å². The van der Waals surface area contributed by atoms with Gasteiger partial charge in [0.1, 0.15) is 5.69 Å². The van der Waals surface area contributed by atoms with E-state index in [0.717, 1.165) is 31.7 Å². The Morgan fingerprint density at radius 1 is 1.43 bits per heavy atom. The van der Waals surface area contributed by atoms with E-state index >= 15 is 0 Å². The highest BCUT2D eigenvalue weighted by Gasteiger charge is 2.28. The van der Waals surface area contributed by atoms with Crippen LogP contribution < -0.4 is 15.8 Å². The van der Waals surface area contributed by atoms with Crippen molar-refractivity contribution in [3.63, 3.8) is 0 Å². The molecule has 0 spiro atoms. The van der Waals surface area contributed by atoms with Gasteiger partial charge in [-0.15, -0.1) is 0 Å². The first-order valence-corrected chi connectivity index (χ1v) is 7.00. The lowest BCUT2D eigenvalue weighted by atomic mass is 9.82. The maximum absolute atomic E-state index is 13.6. The number of hydrogen-bond donors (Lipinski definition) is 2. The normalized spacial score (nSPS) is 17.3. The fourth-order valence-corrected chi connectivity index (χ4v) is 2.70. The molecule has 3 N–H and O–H groups in total. The van der Waals surface area contributed by atoms with Gasteiger partial charge in [0, 0.05) is 18.2 Å². The number of hydrogen-bond acceptors (Lipinski definition) is 5. The average molecular weight is 297 g/mol. The van der Waals surface area contributed by atoms with Gasteiger partial charge in [0.05, 0.1) is 18.1 Å². The third-order valence-corrected chi connectivity index (χ3v) is 3.95. The van der Waals surface area contributed by atoms with Crippen LogP contribution in [0.2, 0.25) is 0 Å². The third kappa shape index (κ3) is 3.60. The Balaban J connectivity index is 2.19. The lowest BCUT2D eigenvalue weighted by molar-refractivity contribution is -0.384. The molecule has 0 amide bonds. The fraction of sp³-hybridized carbons (Fsp3) is 0.571. The summed E-state index contributed by atoms with van der Waals surface area (Å²) < 4.78 is 18.4. The molecule has 0 heterocycles. The number of nitrogens with one attached hydrogen (secondary N) is 1. The molecule has 0 bridgehead atoms.